The molecule has 0 heterocycles. The van der Waals surface area contributed by atoms with Gasteiger partial charge in [-0.1, -0.05) is 62.8 Å². The fraction of sp³-hybridized carbons (Fsp3) is 0.474. The summed E-state index contributed by atoms with van der Waals surface area (Å²) in [6.45, 7) is 0. The highest BCUT2D eigenvalue weighted by Crippen LogP contribution is 2.33. The van der Waals surface area contributed by atoms with E-state index in [0.29, 0.717) is 28.0 Å². The van der Waals surface area contributed by atoms with E-state index in [-0.39, 0.29) is 11.6 Å². The van der Waals surface area contributed by atoms with Crippen molar-refractivity contribution >= 4 is 24.2 Å². The zero-order chi connectivity index (χ0) is 15.5. The van der Waals surface area contributed by atoms with Crippen LogP contribution in [0.1, 0.15) is 72.1 Å². The Morgan fingerprint density at radius 3 is 2.27 bits per heavy atom. The summed E-state index contributed by atoms with van der Waals surface area (Å²) in [6, 6.07) is 7.06. The normalized spacial score (nSPS) is 19.5. The van der Waals surface area contributed by atoms with E-state index in [1.165, 1.54) is 32.1 Å². The predicted molar refractivity (Wildman–Crippen MR) is 91.5 cm³/mol. The Bertz CT molecular complexity index is 624. The topological polar surface area (TPSA) is 34.1 Å². The van der Waals surface area contributed by atoms with Crippen LogP contribution in [0.3, 0.4) is 0 Å². The van der Waals surface area contributed by atoms with Gasteiger partial charge in [-0.15, -0.1) is 12.6 Å². The third kappa shape index (κ3) is 3.05. The first-order valence-electron chi connectivity index (χ1n) is 8.29. The average Bonchev–Trinajstić information content (AvgIpc) is 2.57. The maximum absolute atomic E-state index is 12.6. The Kier molecular flexibility index (Phi) is 4.82. The molecular weight excluding hydrogens is 292 g/mol. The molecule has 0 atom stereocenters. The van der Waals surface area contributed by atoms with Gasteiger partial charge in [-0.2, -0.15) is 0 Å². The lowest BCUT2D eigenvalue weighted by molar-refractivity contribution is 0.0978. The quantitative estimate of drug-likeness (QED) is 0.794. The van der Waals surface area contributed by atoms with E-state index in [0.717, 1.165) is 18.8 Å². The number of rotatable bonds is 4. The zero-order valence-electron chi connectivity index (χ0n) is 12.8. The van der Waals surface area contributed by atoms with Gasteiger partial charge in [0, 0.05) is 16.7 Å². The Hall–Kier alpha value is -1.35. The second kappa shape index (κ2) is 6.82. The standard InChI is InChI=1S/C19H22O2S/c20-17-14-10-4-5-11-15(14)18(21)19(22)16(17)12-6-9-13-7-2-1-3-8-13/h4-5,10-11,13,22H,1-3,6-9,12H2. The van der Waals surface area contributed by atoms with Crippen molar-refractivity contribution in [3.8, 4) is 0 Å². The third-order valence-corrected chi connectivity index (χ3v) is 5.43. The van der Waals surface area contributed by atoms with Crippen LogP contribution in [-0.2, 0) is 0 Å². The van der Waals surface area contributed by atoms with Gasteiger partial charge in [0.25, 0.3) is 0 Å². The van der Waals surface area contributed by atoms with Gasteiger partial charge < -0.3 is 0 Å². The summed E-state index contributed by atoms with van der Waals surface area (Å²) in [4.78, 5) is 25.3. The Morgan fingerprint density at radius 1 is 0.955 bits per heavy atom. The van der Waals surface area contributed by atoms with Gasteiger partial charge in [-0.25, -0.2) is 0 Å². The van der Waals surface area contributed by atoms with Crippen molar-refractivity contribution in [3.05, 3.63) is 45.9 Å². The molecule has 0 spiro atoms. The van der Waals surface area contributed by atoms with Gasteiger partial charge in [0.1, 0.15) is 0 Å². The number of benzene rings is 1. The summed E-state index contributed by atoms with van der Waals surface area (Å²) in [5.41, 5.74) is 1.65. The van der Waals surface area contributed by atoms with E-state index in [4.69, 9.17) is 0 Å². The minimum Gasteiger partial charge on any atom is -0.289 e. The van der Waals surface area contributed by atoms with Crippen molar-refractivity contribution in [2.24, 2.45) is 5.92 Å². The lowest BCUT2D eigenvalue weighted by Gasteiger charge is -2.22. The summed E-state index contributed by atoms with van der Waals surface area (Å²) in [6.07, 6.45) is 9.51. The Labute approximate surface area is 137 Å². The molecule has 2 nitrogen and oxygen atoms in total. The van der Waals surface area contributed by atoms with Crippen LogP contribution in [0.5, 0.6) is 0 Å². The van der Waals surface area contributed by atoms with Crippen LogP contribution in [0.25, 0.3) is 0 Å². The lowest BCUT2D eigenvalue weighted by Crippen LogP contribution is -2.20. The molecule has 0 aromatic heterocycles. The molecule has 3 rings (SSSR count). The Morgan fingerprint density at radius 2 is 1.59 bits per heavy atom. The molecule has 1 aromatic rings. The first kappa shape index (κ1) is 15.5. The van der Waals surface area contributed by atoms with Gasteiger partial charge in [0.15, 0.2) is 11.6 Å². The van der Waals surface area contributed by atoms with Crippen LogP contribution in [0.15, 0.2) is 34.7 Å². The number of carbonyl (C=O) groups excluding carboxylic acids is 2. The number of Topliss-reactive ketones (excluding diaryl/α,β-unsaturated/α-hetero) is 2. The summed E-state index contributed by atoms with van der Waals surface area (Å²) < 4.78 is 0. The van der Waals surface area contributed by atoms with Crippen molar-refractivity contribution in [3.63, 3.8) is 0 Å². The van der Waals surface area contributed by atoms with Crippen molar-refractivity contribution in [1.29, 1.82) is 0 Å². The van der Waals surface area contributed by atoms with E-state index in [2.05, 4.69) is 12.6 Å². The lowest BCUT2D eigenvalue weighted by atomic mass is 9.83. The molecule has 0 bridgehead atoms. The maximum Gasteiger partial charge on any atom is 0.200 e. The first-order valence-corrected chi connectivity index (χ1v) is 8.73. The summed E-state index contributed by atoms with van der Waals surface area (Å²) in [7, 11) is 0. The number of fused-ring (bicyclic) bond motifs is 1. The number of hydrogen-bond donors (Lipinski definition) is 1. The molecule has 1 fully saturated rings. The van der Waals surface area contributed by atoms with E-state index in [1.54, 1.807) is 18.2 Å². The molecule has 2 aliphatic rings. The van der Waals surface area contributed by atoms with Gasteiger partial charge >= 0.3 is 0 Å². The molecule has 1 aromatic carbocycles. The van der Waals surface area contributed by atoms with Crippen LogP contribution in [-0.4, -0.2) is 11.6 Å². The molecule has 116 valence electrons. The number of ketones is 2. The molecule has 0 N–H and O–H groups in total. The monoisotopic (exact) mass is 314 g/mol. The molecule has 3 heteroatoms. The van der Waals surface area contributed by atoms with E-state index >= 15 is 0 Å². The number of thiol groups is 1. The van der Waals surface area contributed by atoms with Crippen LogP contribution in [0.4, 0.5) is 0 Å². The fourth-order valence-corrected chi connectivity index (χ4v) is 4.02. The van der Waals surface area contributed by atoms with Gasteiger partial charge in [-0.05, 0) is 18.8 Å². The highest BCUT2D eigenvalue weighted by atomic mass is 32.1. The zero-order valence-corrected chi connectivity index (χ0v) is 13.7. The average molecular weight is 314 g/mol. The van der Waals surface area contributed by atoms with E-state index in [1.807, 2.05) is 6.07 Å². The van der Waals surface area contributed by atoms with Crippen molar-refractivity contribution in [2.75, 3.05) is 0 Å². The van der Waals surface area contributed by atoms with Crippen molar-refractivity contribution in [1.82, 2.24) is 0 Å². The highest BCUT2D eigenvalue weighted by molar-refractivity contribution is 7.85. The molecule has 0 unspecified atom stereocenters. The third-order valence-electron chi connectivity index (χ3n) is 4.96. The molecule has 1 saturated carbocycles. The minimum absolute atomic E-state index is 0.0103. The molecule has 0 saturated heterocycles. The molecule has 0 radical (unpaired) electrons. The van der Waals surface area contributed by atoms with Crippen LogP contribution in [0.2, 0.25) is 0 Å². The van der Waals surface area contributed by atoms with Gasteiger partial charge in [0.05, 0.1) is 4.91 Å². The van der Waals surface area contributed by atoms with Crippen molar-refractivity contribution in [2.45, 2.75) is 51.4 Å². The number of carbonyl (C=O) groups is 2. The summed E-state index contributed by atoms with van der Waals surface area (Å²) in [5, 5.41) is 0. The molecular formula is C19H22O2S. The van der Waals surface area contributed by atoms with E-state index < -0.39 is 0 Å². The Balaban J connectivity index is 1.69. The minimum atomic E-state index is -0.105. The fourth-order valence-electron chi connectivity index (χ4n) is 3.69. The molecule has 22 heavy (non-hydrogen) atoms. The SMILES string of the molecule is O=C1C(S)=C(CCCC2CCCCC2)C(=O)c2ccccc21. The van der Waals surface area contributed by atoms with Crippen LogP contribution in [0, 0.1) is 5.92 Å². The molecule has 0 aliphatic heterocycles. The van der Waals surface area contributed by atoms with Gasteiger partial charge in [0.2, 0.25) is 0 Å². The number of allylic oxidation sites excluding steroid dienone is 2. The second-order valence-corrected chi connectivity index (χ2v) is 6.87. The van der Waals surface area contributed by atoms with E-state index in [9.17, 15) is 9.59 Å². The summed E-state index contributed by atoms with van der Waals surface area (Å²) >= 11 is 4.34. The van der Waals surface area contributed by atoms with Crippen molar-refractivity contribution < 1.29 is 9.59 Å². The maximum atomic E-state index is 12.6. The summed E-state index contributed by atoms with van der Waals surface area (Å²) in [5.74, 6) is 0.689. The van der Waals surface area contributed by atoms with Gasteiger partial charge in [-0.3, -0.25) is 9.59 Å². The first-order chi connectivity index (χ1) is 10.7. The highest BCUT2D eigenvalue weighted by Gasteiger charge is 2.29. The smallest absolute Gasteiger partial charge is 0.200 e. The molecule has 2 aliphatic carbocycles. The molecule has 0 amide bonds. The largest absolute Gasteiger partial charge is 0.289 e. The van der Waals surface area contributed by atoms with Crippen LogP contribution >= 0.6 is 12.6 Å². The number of hydrogen-bond acceptors (Lipinski definition) is 3. The second-order valence-electron chi connectivity index (χ2n) is 6.43. The predicted octanol–water partition coefficient (Wildman–Crippen LogP) is 5.00. The van der Waals surface area contributed by atoms with Crippen LogP contribution < -0.4 is 0 Å².